The van der Waals surface area contributed by atoms with Crippen LogP contribution in [0.4, 0.5) is 5.69 Å². The monoisotopic (exact) mass is 332 g/mol. The first kappa shape index (κ1) is 13.5. The summed E-state index contributed by atoms with van der Waals surface area (Å²) in [6, 6.07) is 12.4. The van der Waals surface area contributed by atoms with Crippen LogP contribution in [0.3, 0.4) is 0 Å². The molecule has 0 radical (unpaired) electrons. The Morgan fingerprint density at radius 1 is 1.15 bits per heavy atom. The SMILES string of the molecule is COc1ccc(CN2Cc3ccc(N)cc3C2)cc1Br. The molecule has 0 aromatic heterocycles. The van der Waals surface area contributed by atoms with E-state index in [4.69, 9.17) is 10.5 Å². The van der Waals surface area contributed by atoms with Crippen LogP contribution >= 0.6 is 15.9 Å². The zero-order valence-electron chi connectivity index (χ0n) is 11.4. The molecule has 0 spiro atoms. The lowest BCUT2D eigenvalue weighted by molar-refractivity contribution is 0.275. The molecule has 1 heterocycles. The molecule has 2 aromatic carbocycles. The number of methoxy groups -OCH3 is 1. The summed E-state index contributed by atoms with van der Waals surface area (Å²) in [5.41, 5.74) is 10.7. The van der Waals surface area contributed by atoms with Gasteiger partial charge >= 0.3 is 0 Å². The minimum atomic E-state index is 0.845. The molecule has 0 unspecified atom stereocenters. The summed E-state index contributed by atoms with van der Waals surface area (Å²) in [5.74, 6) is 0.867. The van der Waals surface area contributed by atoms with E-state index in [0.29, 0.717) is 0 Å². The van der Waals surface area contributed by atoms with Gasteiger partial charge in [-0.2, -0.15) is 0 Å². The number of hydrogen-bond acceptors (Lipinski definition) is 3. The van der Waals surface area contributed by atoms with Crippen LogP contribution in [0.25, 0.3) is 0 Å². The van der Waals surface area contributed by atoms with Crippen molar-refractivity contribution in [2.75, 3.05) is 12.8 Å². The summed E-state index contributed by atoms with van der Waals surface area (Å²) in [6.07, 6.45) is 0. The van der Waals surface area contributed by atoms with Crippen molar-refractivity contribution < 1.29 is 4.74 Å². The fraction of sp³-hybridized carbons (Fsp3) is 0.250. The van der Waals surface area contributed by atoms with Crippen LogP contribution in [0.15, 0.2) is 40.9 Å². The van der Waals surface area contributed by atoms with Gasteiger partial charge in [-0.1, -0.05) is 12.1 Å². The average Bonchev–Trinajstić information content (AvgIpc) is 2.80. The predicted octanol–water partition coefficient (Wildman–Crippen LogP) is 3.56. The molecule has 0 fully saturated rings. The Labute approximate surface area is 127 Å². The number of halogens is 1. The van der Waals surface area contributed by atoms with Gasteiger partial charge in [-0.3, -0.25) is 4.90 Å². The van der Waals surface area contributed by atoms with Crippen molar-refractivity contribution in [2.45, 2.75) is 19.6 Å². The number of ether oxygens (including phenoxy) is 1. The van der Waals surface area contributed by atoms with Crippen molar-refractivity contribution in [3.05, 3.63) is 57.6 Å². The third kappa shape index (κ3) is 2.67. The molecule has 0 amide bonds. The molecule has 0 saturated carbocycles. The molecule has 1 aliphatic heterocycles. The highest BCUT2D eigenvalue weighted by molar-refractivity contribution is 9.10. The predicted molar refractivity (Wildman–Crippen MR) is 84.5 cm³/mol. The molecule has 104 valence electrons. The summed E-state index contributed by atoms with van der Waals surface area (Å²) >= 11 is 3.53. The van der Waals surface area contributed by atoms with Gasteiger partial charge in [0.05, 0.1) is 11.6 Å². The second-order valence-electron chi connectivity index (χ2n) is 5.14. The lowest BCUT2D eigenvalue weighted by Gasteiger charge is -2.15. The zero-order valence-corrected chi connectivity index (χ0v) is 13.0. The molecule has 2 N–H and O–H groups in total. The summed E-state index contributed by atoms with van der Waals surface area (Å²) in [5, 5.41) is 0. The first-order valence-electron chi connectivity index (χ1n) is 6.58. The van der Waals surface area contributed by atoms with Gasteiger partial charge in [-0.15, -0.1) is 0 Å². The number of nitrogen functional groups attached to an aromatic ring is 1. The van der Waals surface area contributed by atoms with E-state index in [1.807, 2.05) is 12.1 Å². The van der Waals surface area contributed by atoms with Gasteiger partial charge in [-0.25, -0.2) is 0 Å². The second-order valence-corrected chi connectivity index (χ2v) is 6.00. The van der Waals surface area contributed by atoms with Crippen LogP contribution in [0.5, 0.6) is 5.75 Å². The Morgan fingerprint density at radius 3 is 2.70 bits per heavy atom. The van der Waals surface area contributed by atoms with E-state index in [1.165, 1.54) is 16.7 Å². The van der Waals surface area contributed by atoms with Crippen LogP contribution < -0.4 is 10.5 Å². The Bertz CT molecular complexity index is 642. The zero-order chi connectivity index (χ0) is 14.1. The third-order valence-corrected chi connectivity index (χ3v) is 4.26. The van der Waals surface area contributed by atoms with E-state index >= 15 is 0 Å². The molecule has 1 aliphatic rings. The lowest BCUT2D eigenvalue weighted by Crippen LogP contribution is -2.15. The van der Waals surface area contributed by atoms with E-state index in [1.54, 1.807) is 7.11 Å². The van der Waals surface area contributed by atoms with Gasteiger partial charge < -0.3 is 10.5 Å². The highest BCUT2D eigenvalue weighted by Crippen LogP contribution is 2.29. The number of nitrogens with two attached hydrogens (primary N) is 1. The molecule has 3 nitrogen and oxygen atoms in total. The maximum absolute atomic E-state index is 5.84. The van der Waals surface area contributed by atoms with Gasteiger partial charge in [-0.05, 0) is 56.9 Å². The quantitative estimate of drug-likeness (QED) is 0.873. The molecular formula is C16H17BrN2O. The van der Waals surface area contributed by atoms with Crippen molar-refractivity contribution in [1.29, 1.82) is 0 Å². The number of rotatable bonds is 3. The Kier molecular flexibility index (Phi) is 3.68. The maximum atomic E-state index is 5.84. The highest BCUT2D eigenvalue weighted by atomic mass is 79.9. The lowest BCUT2D eigenvalue weighted by atomic mass is 10.1. The van der Waals surface area contributed by atoms with Gasteiger partial charge in [0, 0.05) is 25.3 Å². The molecule has 0 saturated heterocycles. The van der Waals surface area contributed by atoms with E-state index < -0.39 is 0 Å². The number of fused-ring (bicyclic) bond motifs is 1. The molecule has 4 heteroatoms. The average molecular weight is 333 g/mol. The number of nitrogens with zero attached hydrogens (tertiary/aromatic N) is 1. The normalized spacial score (nSPS) is 14.3. The molecule has 20 heavy (non-hydrogen) atoms. The second kappa shape index (κ2) is 5.46. The van der Waals surface area contributed by atoms with Gasteiger partial charge in [0.1, 0.15) is 5.75 Å². The van der Waals surface area contributed by atoms with Crippen molar-refractivity contribution in [1.82, 2.24) is 4.90 Å². The minimum Gasteiger partial charge on any atom is -0.496 e. The smallest absolute Gasteiger partial charge is 0.133 e. The summed E-state index contributed by atoms with van der Waals surface area (Å²) in [6.45, 7) is 2.88. The minimum absolute atomic E-state index is 0.845. The first-order valence-corrected chi connectivity index (χ1v) is 7.37. The largest absolute Gasteiger partial charge is 0.496 e. The van der Waals surface area contributed by atoms with Gasteiger partial charge in [0.15, 0.2) is 0 Å². The number of hydrogen-bond donors (Lipinski definition) is 1. The van der Waals surface area contributed by atoms with Gasteiger partial charge in [0.2, 0.25) is 0 Å². The maximum Gasteiger partial charge on any atom is 0.133 e. The molecule has 3 rings (SSSR count). The fourth-order valence-electron chi connectivity index (χ4n) is 2.66. The van der Waals surface area contributed by atoms with Crippen LogP contribution in [0.2, 0.25) is 0 Å². The van der Waals surface area contributed by atoms with E-state index in [0.717, 1.165) is 35.5 Å². The Morgan fingerprint density at radius 2 is 1.95 bits per heavy atom. The summed E-state index contributed by atoms with van der Waals surface area (Å²) < 4.78 is 6.26. The van der Waals surface area contributed by atoms with Crippen molar-refractivity contribution in [3.8, 4) is 5.75 Å². The summed E-state index contributed by atoms with van der Waals surface area (Å²) in [7, 11) is 1.68. The van der Waals surface area contributed by atoms with Crippen molar-refractivity contribution in [2.24, 2.45) is 0 Å². The third-order valence-electron chi connectivity index (χ3n) is 3.64. The molecule has 0 aliphatic carbocycles. The van der Waals surface area contributed by atoms with Crippen molar-refractivity contribution in [3.63, 3.8) is 0 Å². The van der Waals surface area contributed by atoms with Gasteiger partial charge in [0.25, 0.3) is 0 Å². The topological polar surface area (TPSA) is 38.5 Å². The van der Waals surface area contributed by atoms with Crippen molar-refractivity contribution >= 4 is 21.6 Å². The molecule has 2 aromatic rings. The van der Waals surface area contributed by atoms with Crippen LogP contribution in [0.1, 0.15) is 16.7 Å². The van der Waals surface area contributed by atoms with E-state index in [2.05, 4.69) is 45.1 Å². The number of benzene rings is 2. The van der Waals surface area contributed by atoms with Crippen LogP contribution in [-0.4, -0.2) is 12.0 Å². The van der Waals surface area contributed by atoms with E-state index in [-0.39, 0.29) is 0 Å². The Balaban J connectivity index is 1.73. The standard InChI is InChI=1S/C16H17BrN2O/c1-20-16-5-2-11(6-15(16)17)8-19-9-12-3-4-14(18)7-13(12)10-19/h2-7H,8-10,18H2,1H3. The van der Waals surface area contributed by atoms with Crippen LogP contribution in [-0.2, 0) is 19.6 Å². The molecule has 0 atom stereocenters. The first-order chi connectivity index (χ1) is 9.65. The number of anilines is 1. The molecular weight excluding hydrogens is 316 g/mol. The fourth-order valence-corrected chi connectivity index (χ4v) is 3.25. The van der Waals surface area contributed by atoms with E-state index in [9.17, 15) is 0 Å². The summed E-state index contributed by atoms with van der Waals surface area (Å²) in [4.78, 5) is 2.42. The molecule has 0 bridgehead atoms. The Hall–Kier alpha value is -1.52. The van der Waals surface area contributed by atoms with Crippen LogP contribution in [0, 0.1) is 0 Å². The highest BCUT2D eigenvalue weighted by Gasteiger charge is 2.19.